The first-order valence-corrected chi connectivity index (χ1v) is 8.08. The maximum atomic E-state index is 12.1. The lowest BCUT2D eigenvalue weighted by atomic mass is 10.1. The van der Waals surface area contributed by atoms with Gasteiger partial charge in [0.1, 0.15) is 11.5 Å². The standard InChI is InChI=1S/C18H16N2O3S/c1-22-14-9-8-12(15(11-14)23-2)10-16-17(21)20-18(24-16)19-13-6-4-3-5-7-13/h3-11H,1-2H3,(H,19,20,21). The molecule has 0 aliphatic carbocycles. The Morgan fingerprint density at radius 1 is 1.08 bits per heavy atom. The summed E-state index contributed by atoms with van der Waals surface area (Å²) in [7, 11) is 3.18. The molecule has 1 aliphatic rings. The van der Waals surface area contributed by atoms with Crippen LogP contribution in [-0.2, 0) is 4.79 Å². The second kappa shape index (κ2) is 7.23. The number of aliphatic imine (C=N–C) groups is 1. The monoisotopic (exact) mass is 340 g/mol. The van der Waals surface area contributed by atoms with Crippen molar-refractivity contribution in [2.75, 3.05) is 19.5 Å². The Kier molecular flexibility index (Phi) is 4.86. The predicted octanol–water partition coefficient (Wildman–Crippen LogP) is 3.79. The summed E-state index contributed by atoms with van der Waals surface area (Å²) in [5, 5.41) is 3.69. The number of hydrogen-bond acceptors (Lipinski definition) is 5. The molecular weight excluding hydrogens is 324 g/mol. The zero-order valence-electron chi connectivity index (χ0n) is 13.3. The number of hydrogen-bond donors (Lipinski definition) is 1. The lowest BCUT2D eigenvalue weighted by molar-refractivity contribution is -0.113. The molecule has 0 aromatic heterocycles. The number of amidine groups is 1. The van der Waals surface area contributed by atoms with Gasteiger partial charge in [0.2, 0.25) is 0 Å². The molecule has 122 valence electrons. The molecule has 0 fully saturated rings. The van der Waals surface area contributed by atoms with E-state index in [-0.39, 0.29) is 5.91 Å². The highest BCUT2D eigenvalue weighted by atomic mass is 32.2. The molecule has 0 saturated heterocycles. The average Bonchev–Trinajstić information content (AvgIpc) is 2.95. The van der Waals surface area contributed by atoms with Crippen LogP contribution in [0.3, 0.4) is 0 Å². The van der Waals surface area contributed by atoms with E-state index < -0.39 is 0 Å². The number of nitrogens with one attached hydrogen (secondary N) is 1. The van der Waals surface area contributed by atoms with Crippen molar-refractivity contribution in [1.82, 2.24) is 0 Å². The minimum absolute atomic E-state index is 0.267. The van der Waals surface area contributed by atoms with Gasteiger partial charge >= 0.3 is 0 Å². The van der Waals surface area contributed by atoms with E-state index in [1.165, 1.54) is 11.8 Å². The van der Waals surface area contributed by atoms with E-state index in [1.54, 1.807) is 26.4 Å². The van der Waals surface area contributed by atoms with E-state index >= 15 is 0 Å². The number of carbonyl (C=O) groups excluding carboxylic acids is 1. The molecule has 0 atom stereocenters. The van der Waals surface area contributed by atoms with Crippen LogP contribution in [0.1, 0.15) is 5.56 Å². The number of nitrogens with zero attached hydrogens (tertiary/aromatic N) is 1. The summed E-state index contributed by atoms with van der Waals surface area (Å²) in [6, 6.07) is 15.1. The van der Waals surface area contributed by atoms with Crippen LogP contribution in [0.2, 0.25) is 0 Å². The number of carbonyl (C=O) groups is 1. The third-order valence-corrected chi connectivity index (χ3v) is 4.27. The summed E-state index contributed by atoms with van der Waals surface area (Å²) >= 11 is 1.30. The molecule has 1 N–H and O–H groups in total. The van der Waals surface area contributed by atoms with Gasteiger partial charge in [-0.2, -0.15) is 4.99 Å². The minimum atomic E-state index is -0.267. The first-order valence-electron chi connectivity index (χ1n) is 7.26. The Balaban J connectivity index is 1.79. The number of anilines is 1. The van der Waals surface area contributed by atoms with Crippen LogP contribution >= 0.6 is 11.8 Å². The fourth-order valence-corrected chi connectivity index (χ4v) is 3.01. The molecule has 1 amide bonds. The molecule has 24 heavy (non-hydrogen) atoms. The molecule has 0 spiro atoms. The normalized spacial score (nSPS) is 15.3. The van der Waals surface area contributed by atoms with Crippen LogP contribution < -0.4 is 14.8 Å². The van der Waals surface area contributed by atoms with Crippen LogP contribution in [0.15, 0.2) is 58.4 Å². The SMILES string of the molecule is COc1ccc(C=C2SC(Nc3ccccc3)=NC2=O)c(OC)c1. The second-order valence-electron chi connectivity index (χ2n) is 4.93. The van der Waals surface area contributed by atoms with Crippen LogP contribution in [0.4, 0.5) is 5.69 Å². The van der Waals surface area contributed by atoms with Gasteiger partial charge in [-0.25, -0.2) is 0 Å². The van der Waals surface area contributed by atoms with Gasteiger partial charge in [-0.15, -0.1) is 0 Å². The number of benzene rings is 2. The molecule has 5 nitrogen and oxygen atoms in total. The lowest BCUT2D eigenvalue weighted by Crippen LogP contribution is -2.04. The fraction of sp³-hybridized carbons (Fsp3) is 0.111. The van der Waals surface area contributed by atoms with Gasteiger partial charge in [0.05, 0.1) is 19.1 Å². The minimum Gasteiger partial charge on any atom is -0.497 e. The van der Waals surface area contributed by atoms with Gasteiger partial charge in [0.25, 0.3) is 5.91 Å². The lowest BCUT2D eigenvalue weighted by Gasteiger charge is -2.08. The van der Waals surface area contributed by atoms with Gasteiger partial charge in [0, 0.05) is 17.3 Å². The van der Waals surface area contributed by atoms with Crippen molar-refractivity contribution in [3.63, 3.8) is 0 Å². The first-order chi connectivity index (χ1) is 11.7. The topological polar surface area (TPSA) is 59.9 Å². The zero-order chi connectivity index (χ0) is 16.9. The number of rotatable bonds is 4. The summed E-state index contributed by atoms with van der Waals surface area (Å²) in [5.41, 5.74) is 1.69. The van der Waals surface area contributed by atoms with E-state index in [0.29, 0.717) is 21.6 Å². The largest absolute Gasteiger partial charge is 0.497 e. The van der Waals surface area contributed by atoms with Crippen LogP contribution in [-0.4, -0.2) is 25.3 Å². The number of para-hydroxylation sites is 1. The number of ether oxygens (including phenoxy) is 2. The van der Waals surface area contributed by atoms with Gasteiger partial charge in [-0.1, -0.05) is 18.2 Å². The van der Waals surface area contributed by atoms with Crippen LogP contribution in [0, 0.1) is 0 Å². The third kappa shape index (κ3) is 3.60. The van der Waals surface area contributed by atoms with Crippen LogP contribution in [0.5, 0.6) is 11.5 Å². The van der Waals surface area contributed by atoms with E-state index in [4.69, 9.17) is 9.47 Å². The smallest absolute Gasteiger partial charge is 0.286 e. The van der Waals surface area contributed by atoms with Crippen molar-refractivity contribution in [1.29, 1.82) is 0 Å². The molecule has 0 unspecified atom stereocenters. The highest BCUT2D eigenvalue weighted by Gasteiger charge is 2.22. The average molecular weight is 340 g/mol. The molecule has 0 radical (unpaired) electrons. The summed E-state index contributed by atoms with van der Waals surface area (Å²) < 4.78 is 10.5. The van der Waals surface area contributed by atoms with E-state index in [2.05, 4.69) is 10.3 Å². The Morgan fingerprint density at radius 2 is 1.88 bits per heavy atom. The first kappa shape index (κ1) is 16.1. The molecule has 1 heterocycles. The van der Waals surface area contributed by atoms with Crippen molar-refractivity contribution < 1.29 is 14.3 Å². The number of thioether (sulfide) groups is 1. The molecule has 3 rings (SSSR count). The molecule has 0 bridgehead atoms. The quantitative estimate of drug-likeness (QED) is 0.858. The molecule has 2 aromatic rings. The summed E-state index contributed by atoms with van der Waals surface area (Å²) in [4.78, 5) is 16.7. The Hall–Kier alpha value is -2.73. The molecule has 6 heteroatoms. The van der Waals surface area contributed by atoms with Crippen molar-refractivity contribution in [2.45, 2.75) is 0 Å². The molecule has 0 saturated carbocycles. The summed E-state index contributed by atoms with van der Waals surface area (Å²) in [6.45, 7) is 0. The zero-order valence-corrected chi connectivity index (χ0v) is 14.1. The van der Waals surface area contributed by atoms with E-state index in [9.17, 15) is 4.79 Å². The van der Waals surface area contributed by atoms with Crippen molar-refractivity contribution >= 4 is 34.6 Å². The third-order valence-electron chi connectivity index (χ3n) is 3.37. The maximum Gasteiger partial charge on any atom is 0.286 e. The Bertz CT molecular complexity index is 816. The number of methoxy groups -OCH3 is 2. The van der Waals surface area contributed by atoms with Crippen LogP contribution in [0.25, 0.3) is 6.08 Å². The maximum absolute atomic E-state index is 12.1. The fourth-order valence-electron chi connectivity index (χ4n) is 2.19. The highest BCUT2D eigenvalue weighted by molar-refractivity contribution is 8.18. The predicted molar refractivity (Wildman–Crippen MR) is 97.6 cm³/mol. The van der Waals surface area contributed by atoms with E-state index in [1.807, 2.05) is 42.5 Å². The van der Waals surface area contributed by atoms with Crippen molar-refractivity contribution in [2.24, 2.45) is 4.99 Å². The van der Waals surface area contributed by atoms with Gasteiger partial charge in [0.15, 0.2) is 5.17 Å². The molecule has 1 aliphatic heterocycles. The number of amides is 1. The Morgan fingerprint density at radius 3 is 2.58 bits per heavy atom. The van der Waals surface area contributed by atoms with Gasteiger partial charge in [-0.05, 0) is 42.1 Å². The second-order valence-corrected chi connectivity index (χ2v) is 5.96. The van der Waals surface area contributed by atoms with Crippen molar-refractivity contribution in [3.8, 4) is 11.5 Å². The Labute approximate surface area is 144 Å². The summed E-state index contributed by atoms with van der Waals surface area (Å²) in [5.74, 6) is 1.07. The van der Waals surface area contributed by atoms with Crippen molar-refractivity contribution in [3.05, 3.63) is 59.0 Å². The highest BCUT2D eigenvalue weighted by Crippen LogP contribution is 2.33. The van der Waals surface area contributed by atoms with Gasteiger partial charge < -0.3 is 14.8 Å². The molecular formula is C18H16N2O3S. The summed E-state index contributed by atoms with van der Waals surface area (Å²) in [6.07, 6.45) is 1.77. The van der Waals surface area contributed by atoms with E-state index in [0.717, 1.165) is 11.3 Å². The molecule has 2 aromatic carbocycles. The van der Waals surface area contributed by atoms with Gasteiger partial charge in [-0.3, -0.25) is 4.79 Å².